The molecule has 0 saturated carbocycles. The van der Waals surface area contributed by atoms with Crippen LogP contribution in [0.4, 0.5) is 0 Å². The molecule has 0 atom stereocenters. The molecule has 0 unspecified atom stereocenters. The lowest BCUT2D eigenvalue weighted by Crippen LogP contribution is -2.07. The number of fused-ring (bicyclic) bond motifs is 3. The van der Waals surface area contributed by atoms with Gasteiger partial charge in [-0.15, -0.1) is 0 Å². The summed E-state index contributed by atoms with van der Waals surface area (Å²) >= 11 is 0. The summed E-state index contributed by atoms with van der Waals surface area (Å²) in [6.45, 7) is 6.72. The second kappa shape index (κ2) is 8.91. The molecular formula is C28H27NO3. The molecule has 4 heteroatoms. The molecule has 0 bridgehead atoms. The van der Waals surface area contributed by atoms with Gasteiger partial charge in [-0.3, -0.25) is 14.4 Å². The summed E-state index contributed by atoms with van der Waals surface area (Å²) in [5.74, 6) is -0.200. The zero-order chi connectivity index (χ0) is 22.8. The number of hydrogen-bond acceptors (Lipinski definition) is 3. The van der Waals surface area contributed by atoms with Gasteiger partial charge in [0.1, 0.15) is 5.78 Å². The van der Waals surface area contributed by atoms with Crippen LogP contribution in [0.25, 0.3) is 21.8 Å². The molecule has 4 aromatic rings. The summed E-state index contributed by atoms with van der Waals surface area (Å²) in [6.07, 6.45) is 1.10. The molecule has 4 nitrogen and oxygen atoms in total. The highest BCUT2D eigenvalue weighted by molar-refractivity contribution is 6.17. The lowest BCUT2D eigenvalue weighted by molar-refractivity contribution is -0.118. The summed E-state index contributed by atoms with van der Waals surface area (Å²) in [5, 5.41) is 1.87. The fourth-order valence-corrected chi connectivity index (χ4v) is 4.39. The number of aryl methyl sites for hydroxylation is 2. The van der Waals surface area contributed by atoms with Crippen LogP contribution < -0.4 is 0 Å². The second-order valence-corrected chi connectivity index (χ2v) is 8.24. The number of Topliss-reactive ketones (excluding diaryl/α,β-unsaturated/α-hetero) is 2. The van der Waals surface area contributed by atoms with Crippen LogP contribution >= 0.6 is 0 Å². The van der Waals surface area contributed by atoms with Gasteiger partial charge in [0.15, 0.2) is 11.6 Å². The number of ketones is 3. The number of carbonyl (C=O) groups excluding carboxylic acids is 3. The van der Waals surface area contributed by atoms with Crippen molar-refractivity contribution >= 4 is 39.2 Å². The van der Waals surface area contributed by atoms with Gasteiger partial charge in [0, 0.05) is 51.5 Å². The molecule has 0 aliphatic rings. The molecule has 162 valence electrons. The van der Waals surface area contributed by atoms with Crippen molar-refractivity contribution in [2.75, 3.05) is 0 Å². The van der Waals surface area contributed by atoms with E-state index in [1.165, 1.54) is 0 Å². The maximum absolute atomic E-state index is 13.2. The normalized spacial score (nSPS) is 11.2. The first kappa shape index (κ1) is 21.7. The fraction of sp³-hybridized carbons (Fsp3) is 0.250. The highest BCUT2D eigenvalue weighted by Crippen LogP contribution is 2.31. The zero-order valence-corrected chi connectivity index (χ0v) is 18.8. The SMILES string of the molecule is CCCC(=O)CC(=O)c1ccc2c(c1)c1cc(C(=O)c3ccccc3C)ccc1n2CC. The molecule has 0 amide bonds. The average molecular weight is 426 g/mol. The minimum Gasteiger partial charge on any atom is -0.341 e. The van der Waals surface area contributed by atoms with Gasteiger partial charge in [-0.2, -0.15) is 0 Å². The van der Waals surface area contributed by atoms with Gasteiger partial charge in [0.25, 0.3) is 0 Å². The minimum absolute atomic E-state index is 0.0141. The molecule has 0 saturated heterocycles. The monoisotopic (exact) mass is 425 g/mol. The van der Waals surface area contributed by atoms with Crippen molar-refractivity contribution in [2.45, 2.75) is 46.6 Å². The first-order chi connectivity index (χ1) is 15.4. The summed E-state index contributed by atoms with van der Waals surface area (Å²) < 4.78 is 2.18. The van der Waals surface area contributed by atoms with Gasteiger partial charge in [-0.05, 0) is 62.2 Å². The predicted molar refractivity (Wildman–Crippen MR) is 129 cm³/mol. The third-order valence-corrected chi connectivity index (χ3v) is 6.04. The summed E-state index contributed by atoms with van der Waals surface area (Å²) in [5.41, 5.74) is 4.83. The van der Waals surface area contributed by atoms with E-state index in [9.17, 15) is 14.4 Å². The standard InChI is InChI=1S/C28H27NO3/c1-4-8-21(30)17-27(31)19-11-13-25-23(15-19)24-16-20(12-14-26(24)29(25)5-2)28(32)22-10-7-6-9-18(22)3/h6-7,9-16H,4-5,8,17H2,1-3H3. The van der Waals surface area contributed by atoms with Gasteiger partial charge >= 0.3 is 0 Å². The number of rotatable bonds is 8. The maximum Gasteiger partial charge on any atom is 0.193 e. The summed E-state index contributed by atoms with van der Waals surface area (Å²) in [7, 11) is 0. The maximum atomic E-state index is 13.2. The van der Waals surface area contributed by atoms with Crippen molar-refractivity contribution in [1.29, 1.82) is 0 Å². The zero-order valence-electron chi connectivity index (χ0n) is 18.8. The third kappa shape index (κ3) is 3.89. The van der Waals surface area contributed by atoms with Crippen LogP contribution in [-0.4, -0.2) is 21.9 Å². The molecule has 1 heterocycles. The van der Waals surface area contributed by atoms with Crippen molar-refractivity contribution in [3.8, 4) is 0 Å². The largest absolute Gasteiger partial charge is 0.341 e. The van der Waals surface area contributed by atoms with Crippen LogP contribution in [0.3, 0.4) is 0 Å². The topological polar surface area (TPSA) is 56.1 Å². The molecule has 0 N–H and O–H groups in total. The van der Waals surface area contributed by atoms with Crippen molar-refractivity contribution in [3.05, 3.63) is 82.9 Å². The van der Waals surface area contributed by atoms with Gasteiger partial charge in [0.2, 0.25) is 0 Å². The smallest absolute Gasteiger partial charge is 0.193 e. The van der Waals surface area contributed by atoms with Crippen LogP contribution in [0.15, 0.2) is 60.7 Å². The Hall–Kier alpha value is -3.53. The Balaban J connectivity index is 1.82. The summed E-state index contributed by atoms with van der Waals surface area (Å²) in [4.78, 5) is 37.9. The molecular weight excluding hydrogens is 398 g/mol. The molecule has 0 spiro atoms. The van der Waals surface area contributed by atoms with Crippen molar-refractivity contribution in [1.82, 2.24) is 4.57 Å². The van der Waals surface area contributed by atoms with E-state index >= 15 is 0 Å². The Kier molecular flexibility index (Phi) is 6.04. The van der Waals surface area contributed by atoms with Crippen LogP contribution in [0.1, 0.15) is 65.0 Å². The van der Waals surface area contributed by atoms with E-state index in [-0.39, 0.29) is 23.8 Å². The highest BCUT2D eigenvalue weighted by atomic mass is 16.1. The van der Waals surface area contributed by atoms with E-state index < -0.39 is 0 Å². The van der Waals surface area contributed by atoms with E-state index in [4.69, 9.17) is 0 Å². The van der Waals surface area contributed by atoms with E-state index in [2.05, 4.69) is 11.5 Å². The van der Waals surface area contributed by atoms with Crippen molar-refractivity contribution in [3.63, 3.8) is 0 Å². The third-order valence-electron chi connectivity index (χ3n) is 6.04. The quantitative estimate of drug-likeness (QED) is 0.246. The van der Waals surface area contributed by atoms with Crippen LogP contribution in [-0.2, 0) is 11.3 Å². The van der Waals surface area contributed by atoms with E-state index in [1.54, 1.807) is 6.07 Å². The first-order valence-corrected chi connectivity index (χ1v) is 11.2. The fourth-order valence-electron chi connectivity index (χ4n) is 4.39. The molecule has 1 aromatic heterocycles. The van der Waals surface area contributed by atoms with Gasteiger partial charge < -0.3 is 4.57 Å². The van der Waals surface area contributed by atoms with E-state index in [1.807, 2.05) is 68.4 Å². The summed E-state index contributed by atoms with van der Waals surface area (Å²) in [6, 6.07) is 19.0. The molecule has 32 heavy (non-hydrogen) atoms. The van der Waals surface area contributed by atoms with Crippen molar-refractivity contribution in [2.24, 2.45) is 0 Å². The second-order valence-electron chi connectivity index (χ2n) is 8.24. The number of carbonyl (C=O) groups is 3. The Morgan fingerprint density at radius 1 is 0.812 bits per heavy atom. The minimum atomic E-state index is -0.158. The van der Waals surface area contributed by atoms with Gasteiger partial charge in [0.05, 0.1) is 6.42 Å². The number of aromatic nitrogens is 1. The number of nitrogens with zero attached hydrogens (tertiary/aromatic N) is 1. The Bertz CT molecular complexity index is 1360. The van der Waals surface area contributed by atoms with Gasteiger partial charge in [-0.1, -0.05) is 31.2 Å². The molecule has 3 aromatic carbocycles. The number of benzene rings is 3. The van der Waals surface area contributed by atoms with Crippen LogP contribution in [0, 0.1) is 6.92 Å². The van der Waals surface area contributed by atoms with E-state index in [0.29, 0.717) is 23.1 Å². The molecule has 4 rings (SSSR count). The Labute approximate surface area is 187 Å². The Morgan fingerprint density at radius 3 is 2.06 bits per heavy atom. The molecule has 0 aliphatic heterocycles. The van der Waals surface area contributed by atoms with E-state index in [0.717, 1.165) is 40.3 Å². The van der Waals surface area contributed by atoms with Gasteiger partial charge in [-0.25, -0.2) is 0 Å². The predicted octanol–water partition coefficient (Wildman–Crippen LogP) is 6.30. The average Bonchev–Trinajstić information content (AvgIpc) is 3.11. The van der Waals surface area contributed by atoms with Crippen LogP contribution in [0.2, 0.25) is 0 Å². The first-order valence-electron chi connectivity index (χ1n) is 11.2. The molecule has 0 aliphatic carbocycles. The molecule has 0 fully saturated rings. The molecule has 0 radical (unpaired) electrons. The van der Waals surface area contributed by atoms with Crippen LogP contribution in [0.5, 0.6) is 0 Å². The van der Waals surface area contributed by atoms with Crippen molar-refractivity contribution < 1.29 is 14.4 Å². The number of hydrogen-bond donors (Lipinski definition) is 0. The lowest BCUT2D eigenvalue weighted by atomic mass is 9.97. The Morgan fingerprint density at radius 2 is 1.44 bits per heavy atom. The highest BCUT2D eigenvalue weighted by Gasteiger charge is 2.18. The lowest BCUT2D eigenvalue weighted by Gasteiger charge is -2.06.